The summed E-state index contributed by atoms with van der Waals surface area (Å²) >= 11 is 4.58. The van der Waals surface area contributed by atoms with Crippen molar-refractivity contribution < 1.29 is 8.91 Å². The van der Waals surface area contributed by atoms with Crippen LogP contribution in [0.25, 0.3) is 22.8 Å². The van der Waals surface area contributed by atoms with Gasteiger partial charge >= 0.3 is 0 Å². The van der Waals surface area contributed by atoms with Crippen LogP contribution in [0, 0.1) is 12.7 Å². The van der Waals surface area contributed by atoms with Gasteiger partial charge in [0.2, 0.25) is 0 Å². The van der Waals surface area contributed by atoms with Crippen LogP contribution in [0.2, 0.25) is 0 Å². The van der Waals surface area contributed by atoms with Gasteiger partial charge in [-0.15, -0.1) is 10.2 Å². The maximum atomic E-state index is 13.5. The summed E-state index contributed by atoms with van der Waals surface area (Å²) in [5.41, 5.74) is 2.25. The summed E-state index contributed by atoms with van der Waals surface area (Å²) in [5.74, 6) is 1.45. The number of aryl methyl sites for hydroxylation is 1. The molecule has 27 heavy (non-hydrogen) atoms. The summed E-state index contributed by atoms with van der Waals surface area (Å²) in [4.78, 5) is 8.56. The van der Waals surface area contributed by atoms with E-state index < -0.39 is 5.25 Å². The van der Waals surface area contributed by atoms with Crippen LogP contribution >= 0.6 is 12.6 Å². The molecule has 0 bridgehead atoms. The maximum Gasteiger partial charge on any atom is 0.258 e. The third-order valence-corrected chi connectivity index (χ3v) is 4.53. The first-order valence-corrected chi connectivity index (χ1v) is 8.64. The second kappa shape index (κ2) is 6.92. The molecule has 136 valence electrons. The van der Waals surface area contributed by atoms with Gasteiger partial charge in [-0.05, 0) is 31.2 Å². The van der Waals surface area contributed by atoms with Gasteiger partial charge < -0.3 is 9.09 Å². The van der Waals surface area contributed by atoms with Crippen LogP contribution in [0.5, 0.6) is 0 Å². The lowest BCUT2D eigenvalue weighted by atomic mass is 10.2. The number of rotatable bonds is 4. The average molecular weight is 382 g/mol. The summed E-state index contributed by atoms with van der Waals surface area (Å²) in [6.07, 6.45) is 1.68. The lowest BCUT2D eigenvalue weighted by Gasteiger charge is -2.07. The molecule has 0 aliphatic heterocycles. The molecule has 1 aromatic carbocycles. The Morgan fingerprint density at radius 1 is 1.15 bits per heavy atom. The van der Waals surface area contributed by atoms with E-state index in [0.717, 1.165) is 11.3 Å². The van der Waals surface area contributed by atoms with Crippen LogP contribution in [0.1, 0.15) is 22.6 Å². The Kier molecular flexibility index (Phi) is 4.44. The predicted octanol–water partition coefficient (Wildman–Crippen LogP) is 3.39. The lowest BCUT2D eigenvalue weighted by molar-refractivity contribution is 0.423. The van der Waals surface area contributed by atoms with Crippen LogP contribution in [-0.2, 0) is 7.05 Å². The van der Waals surface area contributed by atoms with Gasteiger partial charge in [-0.3, -0.25) is 4.98 Å². The van der Waals surface area contributed by atoms with E-state index in [1.807, 2.05) is 13.0 Å². The third-order valence-electron chi connectivity index (χ3n) is 4.07. The molecular weight excluding hydrogens is 367 g/mol. The summed E-state index contributed by atoms with van der Waals surface area (Å²) in [7, 11) is 1.78. The fourth-order valence-electron chi connectivity index (χ4n) is 2.72. The molecule has 1 unspecified atom stereocenters. The van der Waals surface area contributed by atoms with E-state index >= 15 is 0 Å². The molecule has 0 saturated carbocycles. The second-order valence-electron chi connectivity index (χ2n) is 6.00. The number of benzene rings is 1. The monoisotopic (exact) mass is 382 g/mol. The minimum Gasteiger partial charge on any atom is -0.334 e. The van der Waals surface area contributed by atoms with Crippen molar-refractivity contribution in [1.82, 2.24) is 29.9 Å². The molecule has 0 fully saturated rings. The Morgan fingerprint density at radius 3 is 2.78 bits per heavy atom. The number of aromatic nitrogens is 6. The largest absolute Gasteiger partial charge is 0.334 e. The zero-order valence-corrected chi connectivity index (χ0v) is 15.4. The van der Waals surface area contributed by atoms with E-state index in [0.29, 0.717) is 28.9 Å². The van der Waals surface area contributed by atoms with Crippen molar-refractivity contribution in [3.8, 4) is 22.8 Å². The number of thiol groups is 1. The maximum absolute atomic E-state index is 13.5. The van der Waals surface area contributed by atoms with Crippen LogP contribution in [0.3, 0.4) is 0 Å². The van der Waals surface area contributed by atoms with E-state index in [1.165, 1.54) is 12.1 Å². The van der Waals surface area contributed by atoms with Gasteiger partial charge in [-0.25, -0.2) is 4.39 Å². The molecule has 0 aliphatic carbocycles. The van der Waals surface area contributed by atoms with E-state index in [1.54, 1.807) is 36.0 Å². The first kappa shape index (κ1) is 17.3. The Bertz CT molecular complexity index is 1110. The average Bonchev–Trinajstić information content (AvgIpc) is 3.28. The highest BCUT2D eigenvalue weighted by molar-refractivity contribution is 7.80. The van der Waals surface area contributed by atoms with Crippen molar-refractivity contribution >= 4 is 12.6 Å². The van der Waals surface area contributed by atoms with E-state index in [9.17, 15) is 4.39 Å². The minimum atomic E-state index is -0.551. The van der Waals surface area contributed by atoms with Gasteiger partial charge in [0.25, 0.3) is 5.89 Å². The Balaban J connectivity index is 1.65. The highest BCUT2D eigenvalue weighted by Gasteiger charge is 2.24. The molecule has 1 atom stereocenters. The van der Waals surface area contributed by atoms with E-state index in [4.69, 9.17) is 4.52 Å². The first-order chi connectivity index (χ1) is 13.0. The van der Waals surface area contributed by atoms with Crippen LogP contribution < -0.4 is 0 Å². The van der Waals surface area contributed by atoms with Crippen molar-refractivity contribution in [3.05, 3.63) is 65.8 Å². The molecule has 9 heteroatoms. The van der Waals surface area contributed by atoms with Crippen LogP contribution in [0.15, 0.2) is 47.1 Å². The zero-order valence-electron chi connectivity index (χ0n) is 14.5. The van der Waals surface area contributed by atoms with Crippen molar-refractivity contribution in [3.63, 3.8) is 0 Å². The molecule has 0 amide bonds. The molecule has 0 N–H and O–H groups in total. The summed E-state index contributed by atoms with van der Waals surface area (Å²) < 4.78 is 20.6. The van der Waals surface area contributed by atoms with Crippen LogP contribution in [-0.4, -0.2) is 29.9 Å². The predicted molar refractivity (Wildman–Crippen MR) is 99.5 cm³/mol. The number of hydrogen-bond donors (Lipinski definition) is 1. The number of hydrogen-bond acceptors (Lipinski definition) is 7. The Labute approximate surface area is 159 Å². The number of pyridine rings is 1. The molecule has 0 aliphatic rings. The van der Waals surface area contributed by atoms with Gasteiger partial charge in [-0.2, -0.15) is 17.6 Å². The topological polar surface area (TPSA) is 82.5 Å². The van der Waals surface area contributed by atoms with E-state index in [-0.39, 0.29) is 5.82 Å². The number of halogens is 1. The fraction of sp³-hybridized carbons (Fsp3) is 0.167. The smallest absolute Gasteiger partial charge is 0.258 e. The first-order valence-electron chi connectivity index (χ1n) is 8.13. The lowest BCUT2D eigenvalue weighted by Crippen LogP contribution is -2.05. The van der Waals surface area contributed by atoms with Crippen molar-refractivity contribution in [2.75, 3.05) is 0 Å². The molecule has 7 nitrogen and oxygen atoms in total. The molecule has 0 saturated heterocycles. The van der Waals surface area contributed by atoms with Gasteiger partial charge in [0.1, 0.15) is 11.1 Å². The molecule has 4 aromatic rings. The van der Waals surface area contributed by atoms with Gasteiger partial charge in [0, 0.05) is 30.1 Å². The second-order valence-corrected chi connectivity index (χ2v) is 6.51. The highest BCUT2D eigenvalue weighted by Crippen LogP contribution is 2.29. The fourth-order valence-corrected chi connectivity index (χ4v) is 3.05. The molecule has 4 rings (SSSR count). The van der Waals surface area contributed by atoms with Gasteiger partial charge in [0.05, 0.1) is 0 Å². The molecule has 3 heterocycles. The molecule has 0 radical (unpaired) electrons. The zero-order chi connectivity index (χ0) is 19.0. The van der Waals surface area contributed by atoms with Crippen LogP contribution in [0.4, 0.5) is 4.39 Å². The SMILES string of the molecule is Cc1cc(-c2nc(C(S)c3nnc(-c4cccc(F)c4)n3C)no2)ccn1. The number of nitrogens with zero attached hydrogens (tertiary/aromatic N) is 6. The summed E-state index contributed by atoms with van der Waals surface area (Å²) in [5, 5.41) is 11.8. The Hall–Kier alpha value is -3.07. The minimum absolute atomic E-state index is 0.338. The highest BCUT2D eigenvalue weighted by atomic mass is 32.1. The standard InChI is InChI=1S/C18H15FN6OS/c1-10-8-12(6-7-20-10)18-21-15(24-26-18)14(27)17-23-22-16(25(17)2)11-4-3-5-13(19)9-11/h3-9,14,27H,1-2H3. The van der Waals surface area contributed by atoms with Crippen molar-refractivity contribution in [1.29, 1.82) is 0 Å². The van der Waals surface area contributed by atoms with Crippen molar-refractivity contribution in [2.45, 2.75) is 12.2 Å². The van der Waals surface area contributed by atoms with Gasteiger partial charge in [-0.1, -0.05) is 17.3 Å². The van der Waals surface area contributed by atoms with E-state index in [2.05, 4.69) is 38.0 Å². The molecular formula is C18H15FN6OS. The summed E-state index contributed by atoms with van der Waals surface area (Å²) in [6.45, 7) is 1.88. The molecule has 3 aromatic heterocycles. The van der Waals surface area contributed by atoms with Gasteiger partial charge in [0.15, 0.2) is 17.5 Å². The normalized spacial score (nSPS) is 12.3. The molecule has 0 spiro atoms. The summed E-state index contributed by atoms with van der Waals surface area (Å²) in [6, 6.07) is 9.82. The van der Waals surface area contributed by atoms with Crippen molar-refractivity contribution in [2.24, 2.45) is 7.05 Å². The quantitative estimate of drug-likeness (QED) is 0.545. The Morgan fingerprint density at radius 2 is 2.00 bits per heavy atom. The third kappa shape index (κ3) is 3.33.